The van der Waals surface area contributed by atoms with Crippen LogP contribution in [0.4, 0.5) is 5.69 Å². The van der Waals surface area contributed by atoms with Gasteiger partial charge in [0, 0.05) is 6.54 Å². The van der Waals surface area contributed by atoms with Gasteiger partial charge in [-0.05, 0) is 30.1 Å². The predicted octanol–water partition coefficient (Wildman–Crippen LogP) is 2.20. The number of hydrogen-bond acceptors (Lipinski definition) is 4. The zero-order chi connectivity index (χ0) is 13.8. The molecule has 7 heteroatoms. The molecule has 1 unspecified atom stereocenters. The van der Waals surface area contributed by atoms with Gasteiger partial charge in [-0.25, -0.2) is 13.1 Å². The Morgan fingerprint density at radius 1 is 1.50 bits per heavy atom. The Balaban J connectivity index is 2.87. The predicted molar refractivity (Wildman–Crippen MR) is 78.6 cm³/mol. The van der Waals surface area contributed by atoms with Crippen molar-refractivity contribution in [1.29, 1.82) is 0 Å². The molecule has 0 saturated carbocycles. The first kappa shape index (κ1) is 15.6. The molecule has 0 aliphatic rings. The number of halogens is 1. The number of nitrogens with one attached hydrogen (secondary N) is 1. The summed E-state index contributed by atoms with van der Waals surface area (Å²) in [5.41, 5.74) is 5.82. The average molecular weight is 309 g/mol. The molecule has 18 heavy (non-hydrogen) atoms. The van der Waals surface area contributed by atoms with Crippen molar-refractivity contribution in [2.24, 2.45) is 5.92 Å². The van der Waals surface area contributed by atoms with Crippen LogP contribution in [0, 0.1) is 5.92 Å². The summed E-state index contributed by atoms with van der Waals surface area (Å²) in [6, 6.07) is 4.65. The fraction of sp³-hybridized carbons (Fsp3) is 0.455. The van der Waals surface area contributed by atoms with Gasteiger partial charge in [-0.1, -0.05) is 24.6 Å². The highest BCUT2D eigenvalue weighted by Gasteiger charge is 2.21. The van der Waals surface area contributed by atoms with Gasteiger partial charge in [-0.15, -0.1) is 0 Å². The van der Waals surface area contributed by atoms with E-state index in [0.717, 1.165) is 5.75 Å². The number of anilines is 1. The summed E-state index contributed by atoms with van der Waals surface area (Å²) in [6.45, 7) is 2.35. The molecule has 0 heterocycles. The molecule has 0 spiro atoms. The van der Waals surface area contributed by atoms with E-state index in [2.05, 4.69) is 4.72 Å². The van der Waals surface area contributed by atoms with Gasteiger partial charge in [-0.3, -0.25) is 0 Å². The fourth-order valence-corrected chi connectivity index (χ4v) is 4.00. The summed E-state index contributed by atoms with van der Waals surface area (Å²) in [7, 11) is -3.65. The van der Waals surface area contributed by atoms with Crippen LogP contribution < -0.4 is 10.5 Å². The maximum atomic E-state index is 12.1. The molecule has 1 aromatic carbocycles. The van der Waals surface area contributed by atoms with Gasteiger partial charge in [0.05, 0.1) is 10.7 Å². The third kappa shape index (κ3) is 4.05. The summed E-state index contributed by atoms with van der Waals surface area (Å²) in [4.78, 5) is -0.0389. The molecule has 0 saturated heterocycles. The number of nitrogen functional groups attached to an aromatic ring is 1. The number of benzene rings is 1. The van der Waals surface area contributed by atoms with E-state index >= 15 is 0 Å². The Bertz CT molecular complexity index is 486. The van der Waals surface area contributed by atoms with Gasteiger partial charge >= 0.3 is 0 Å². The van der Waals surface area contributed by atoms with Crippen molar-refractivity contribution in [2.75, 3.05) is 24.3 Å². The molecule has 1 rings (SSSR count). The lowest BCUT2D eigenvalue weighted by molar-refractivity contribution is 0.563. The lowest BCUT2D eigenvalue weighted by Gasteiger charge is -2.13. The van der Waals surface area contributed by atoms with E-state index in [-0.39, 0.29) is 21.5 Å². The van der Waals surface area contributed by atoms with Crippen LogP contribution in [-0.4, -0.2) is 27.0 Å². The quantitative estimate of drug-likeness (QED) is 0.790. The number of hydrogen-bond donors (Lipinski definition) is 2. The highest BCUT2D eigenvalue weighted by atomic mass is 35.5. The number of rotatable bonds is 6. The van der Waals surface area contributed by atoms with Gasteiger partial charge in [0.2, 0.25) is 10.0 Å². The van der Waals surface area contributed by atoms with Crippen LogP contribution in [0.2, 0.25) is 5.02 Å². The van der Waals surface area contributed by atoms with Crippen molar-refractivity contribution in [3.63, 3.8) is 0 Å². The number of sulfonamides is 1. The summed E-state index contributed by atoms with van der Waals surface area (Å²) in [5.74, 6) is 1.14. The summed E-state index contributed by atoms with van der Waals surface area (Å²) in [5, 5.41) is 0.139. The standard InChI is InChI=1S/C11H17ClN2O2S2/c1-8(7-17-2)6-14-18(15,16)11-9(12)4-3-5-10(11)13/h3-5,8,14H,6-7,13H2,1-2H3. The molecule has 0 fully saturated rings. The Morgan fingerprint density at radius 2 is 2.17 bits per heavy atom. The molecular weight excluding hydrogens is 292 g/mol. The Labute approximate surface area is 117 Å². The van der Waals surface area contributed by atoms with Gasteiger partial charge in [-0.2, -0.15) is 11.8 Å². The van der Waals surface area contributed by atoms with Crippen LogP contribution in [0.3, 0.4) is 0 Å². The molecule has 4 nitrogen and oxygen atoms in total. The molecular formula is C11H17ClN2O2S2. The van der Waals surface area contributed by atoms with Crippen molar-refractivity contribution in [3.8, 4) is 0 Å². The highest BCUT2D eigenvalue weighted by Crippen LogP contribution is 2.26. The van der Waals surface area contributed by atoms with Crippen LogP contribution in [0.15, 0.2) is 23.1 Å². The third-order valence-corrected chi connectivity index (χ3v) is 5.21. The van der Waals surface area contributed by atoms with Crippen LogP contribution in [0.1, 0.15) is 6.92 Å². The van der Waals surface area contributed by atoms with Crippen LogP contribution >= 0.6 is 23.4 Å². The normalized spacial score (nSPS) is 13.5. The first-order chi connectivity index (χ1) is 8.38. The van der Waals surface area contributed by atoms with E-state index in [4.69, 9.17) is 17.3 Å². The minimum absolute atomic E-state index is 0.0389. The second-order valence-corrected chi connectivity index (χ2v) is 7.09. The van der Waals surface area contributed by atoms with Crippen LogP contribution in [-0.2, 0) is 10.0 Å². The molecule has 0 bridgehead atoms. The van der Waals surface area contributed by atoms with Gasteiger partial charge < -0.3 is 5.73 Å². The molecule has 0 amide bonds. The van der Waals surface area contributed by atoms with E-state index < -0.39 is 10.0 Å². The molecule has 0 radical (unpaired) electrons. The molecule has 102 valence electrons. The summed E-state index contributed by atoms with van der Waals surface area (Å²) >= 11 is 7.56. The largest absolute Gasteiger partial charge is 0.398 e. The van der Waals surface area contributed by atoms with E-state index in [9.17, 15) is 8.42 Å². The minimum Gasteiger partial charge on any atom is -0.398 e. The van der Waals surface area contributed by atoms with Crippen LogP contribution in [0.25, 0.3) is 0 Å². The highest BCUT2D eigenvalue weighted by molar-refractivity contribution is 7.98. The lowest BCUT2D eigenvalue weighted by atomic mass is 10.2. The zero-order valence-corrected chi connectivity index (χ0v) is 12.7. The van der Waals surface area contributed by atoms with Crippen molar-refractivity contribution >= 4 is 39.1 Å². The summed E-state index contributed by atoms with van der Waals surface area (Å²) in [6.07, 6.45) is 1.98. The fourth-order valence-electron chi connectivity index (χ4n) is 1.48. The number of thioether (sulfide) groups is 1. The topological polar surface area (TPSA) is 72.2 Å². The van der Waals surface area contributed by atoms with Crippen molar-refractivity contribution in [1.82, 2.24) is 4.72 Å². The van der Waals surface area contributed by atoms with E-state index in [1.807, 2.05) is 13.2 Å². The summed E-state index contributed by atoms with van der Waals surface area (Å²) < 4.78 is 26.7. The van der Waals surface area contributed by atoms with Gasteiger partial charge in [0.15, 0.2) is 0 Å². The van der Waals surface area contributed by atoms with Crippen molar-refractivity contribution in [3.05, 3.63) is 23.2 Å². The smallest absolute Gasteiger partial charge is 0.244 e. The molecule has 0 aliphatic heterocycles. The number of nitrogens with two attached hydrogens (primary N) is 1. The Morgan fingerprint density at radius 3 is 2.72 bits per heavy atom. The molecule has 0 aromatic heterocycles. The van der Waals surface area contributed by atoms with Crippen molar-refractivity contribution in [2.45, 2.75) is 11.8 Å². The maximum Gasteiger partial charge on any atom is 0.244 e. The molecule has 0 aliphatic carbocycles. The third-order valence-electron chi connectivity index (χ3n) is 2.34. The average Bonchev–Trinajstić information content (AvgIpc) is 2.26. The first-order valence-electron chi connectivity index (χ1n) is 5.41. The van der Waals surface area contributed by atoms with E-state index in [1.54, 1.807) is 17.8 Å². The van der Waals surface area contributed by atoms with Gasteiger partial charge in [0.25, 0.3) is 0 Å². The second-order valence-electron chi connectivity index (χ2n) is 4.07. The van der Waals surface area contributed by atoms with E-state index in [1.165, 1.54) is 12.1 Å². The molecule has 3 N–H and O–H groups in total. The van der Waals surface area contributed by atoms with Crippen molar-refractivity contribution < 1.29 is 8.42 Å². The lowest BCUT2D eigenvalue weighted by Crippen LogP contribution is -2.30. The zero-order valence-electron chi connectivity index (χ0n) is 10.3. The molecule has 1 atom stereocenters. The second kappa shape index (κ2) is 6.65. The SMILES string of the molecule is CSCC(C)CNS(=O)(=O)c1c(N)cccc1Cl. The van der Waals surface area contributed by atoms with Crippen LogP contribution in [0.5, 0.6) is 0 Å². The monoisotopic (exact) mass is 308 g/mol. The van der Waals surface area contributed by atoms with E-state index in [0.29, 0.717) is 6.54 Å². The first-order valence-corrected chi connectivity index (χ1v) is 8.66. The molecule has 1 aromatic rings. The minimum atomic E-state index is -3.65. The van der Waals surface area contributed by atoms with Gasteiger partial charge in [0.1, 0.15) is 4.90 Å². The maximum absolute atomic E-state index is 12.1. The Kier molecular flexibility index (Phi) is 5.78. The Hall–Kier alpha value is -0.430.